The number of nitrogens with one attached hydrogen (secondary N) is 1. The van der Waals surface area contributed by atoms with E-state index in [4.69, 9.17) is 5.73 Å². The molecule has 4 nitrogen and oxygen atoms in total. The molecule has 1 aromatic heterocycles. The van der Waals surface area contributed by atoms with Crippen LogP contribution in [0.25, 0.3) is 11.1 Å². The standard InChI is InChI=1S/C18H21N3O/c1-12-17(18(22)21-15-8-7-14(19)11-15)16(9-10-20-12)13-5-3-2-4-6-13/h2-6,9-10,14-15H,7-8,11,19H2,1H3,(H,21,22)/t14-,15-/m1/s1. The third-order valence-electron chi connectivity index (χ3n) is 4.26. The summed E-state index contributed by atoms with van der Waals surface area (Å²) in [7, 11) is 0. The summed E-state index contributed by atoms with van der Waals surface area (Å²) in [5.41, 5.74) is 9.29. The Kier molecular flexibility index (Phi) is 4.20. The van der Waals surface area contributed by atoms with Gasteiger partial charge in [0, 0.05) is 18.3 Å². The highest BCUT2D eigenvalue weighted by Crippen LogP contribution is 2.26. The van der Waals surface area contributed by atoms with Gasteiger partial charge in [-0.2, -0.15) is 0 Å². The lowest BCUT2D eigenvalue weighted by Gasteiger charge is -2.16. The van der Waals surface area contributed by atoms with Gasteiger partial charge in [-0.05, 0) is 43.4 Å². The Balaban J connectivity index is 1.91. The summed E-state index contributed by atoms with van der Waals surface area (Å²) in [6.45, 7) is 1.88. The maximum Gasteiger partial charge on any atom is 0.253 e. The number of pyridine rings is 1. The van der Waals surface area contributed by atoms with Gasteiger partial charge in [-0.1, -0.05) is 30.3 Å². The van der Waals surface area contributed by atoms with Crippen LogP contribution < -0.4 is 11.1 Å². The molecule has 1 saturated carbocycles. The van der Waals surface area contributed by atoms with E-state index in [1.54, 1.807) is 6.20 Å². The molecule has 114 valence electrons. The van der Waals surface area contributed by atoms with Gasteiger partial charge in [-0.3, -0.25) is 9.78 Å². The summed E-state index contributed by atoms with van der Waals surface area (Å²) >= 11 is 0. The average Bonchev–Trinajstić information content (AvgIpc) is 2.92. The SMILES string of the molecule is Cc1nccc(-c2ccccc2)c1C(=O)N[C@@H]1CC[C@@H](N)C1. The van der Waals surface area contributed by atoms with Gasteiger partial charge in [0.2, 0.25) is 0 Å². The predicted octanol–water partition coefficient (Wildman–Crippen LogP) is 2.67. The predicted molar refractivity (Wildman–Crippen MR) is 87.5 cm³/mol. The van der Waals surface area contributed by atoms with Crippen molar-refractivity contribution in [3.05, 3.63) is 53.9 Å². The molecule has 0 radical (unpaired) electrons. The van der Waals surface area contributed by atoms with Crippen LogP contribution in [0.1, 0.15) is 35.3 Å². The molecule has 0 bridgehead atoms. The van der Waals surface area contributed by atoms with Crippen LogP contribution in [-0.2, 0) is 0 Å². The van der Waals surface area contributed by atoms with E-state index < -0.39 is 0 Å². The van der Waals surface area contributed by atoms with Crippen molar-refractivity contribution in [2.75, 3.05) is 0 Å². The molecule has 1 aliphatic rings. The Morgan fingerprint density at radius 2 is 2.00 bits per heavy atom. The minimum absolute atomic E-state index is 0.0523. The van der Waals surface area contributed by atoms with Crippen molar-refractivity contribution in [3.63, 3.8) is 0 Å². The zero-order valence-corrected chi connectivity index (χ0v) is 12.8. The molecule has 0 saturated heterocycles. The van der Waals surface area contributed by atoms with Crippen LogP contribution >= 0.6 is 0 Å². The Labute approximate surface area is 130 Å². The van der Waals surface area contributed by atoms with E-state index in [-0.39, 0.29) is 18.0 Å². The normalized spacial score (nSPS) is 20.8. The second kappa shape index (κ2) is 6.28. The number of nitrogens with two attached hydrogens (primary N) is 1. The molecule has 1 aromatic carbocycles. The molecule has 0 aliphatic heterocycles. The topological polar surface area (TPSA) is 68.0 Å². The van der Waals surface area contributed by atoms with Gasteiger partial charge in [-0.15, -0.1) is 0 Å². The molecule has 3 rings (SSSR count). The molecule has 2 atom stereocenters. The zero-order valence-electron chi connectivity index (χ0n) is 12.8. The number of amides is 1. The first-order valence-electron chi connectivity index (χ1n) is 7.72. The molecule has 22 heavy (non-hydrogen) atoms. The largest absolute Gasteiger partial charge is 0.349 e. The van der Waals surface area contributed by atoms with Crippen LogP contribution in [0.2, 0.25) is 0 Å². The molecule has 2 aromatic rings. The van der Waals surface area contributed by atoms with Gasteiger partial charge in [0.05, 0.1) is 11.3 Å². The smallest absolute Gasteiger partial charge is 0.253 e. The Bertz CT molecular complexity index is 669. The van der Waals surface area contributed by atoms with Crippen molar-refractivity contribution in [2.24, 2.45) is 5.73 Å². The molecule has 0 unspecified atom stereocenters. The third-order valence-corrected chi connectivity index (χ3v) is 4.26. The lowest BCUT2D eigenvalue weighted by atomic mass is 9.98. The van der Waals surface area contributed by atoms with Crippen LogP contribution in [0.5, 0.6) is 0 Å². The lowest BCUT2D eigenvalue weighted by Crippen LogP contribution is -2.34. The van der Waals surface area contributed by atoms with E-state index in [9.17, 15) is 4.79 Å². The minimum atomic E-state index is -0.0523. The first-order valence-corrected chi connectivity index (χ1v) is 7.72. The summed E-state index contributed by atoms with van der Waals surface area (Å²) < 4.78 is 0. The Hall–Kier alpha value is -2.20. The van der Waals surface area contributed by atoms with Crippen LogP contribution in [0, 0.1) is 6.92 Å². The monoisotopic (exact) mass is 295 g/mol. The van der Waals surface area contributed by atoms with E-state index >= 15 is 0 Å². The molecule has 1 fully saturated rings. The number of carbonyl (C=O) groups excluding carboxylic acids is 1. The number of aromatic nitrogens is 1. The molecule has 0 spiro atoms. The molecule has 1 heterocycles. The highest BCUT2D eigenvalue weighted by Gasteiger charge is 2.25. The van der Waals surface area contributed by atoms with Gasteiger partial charge < -0.3 is 11.1 Å². The number of hydrogen-bond acceptors (Lipinski definition) is 3. The summed E-state index contributed by atoms with van der Waals surface area (Å²) in [5.74, 6) is -0.0523. The average molecular weight is 295 g/mol. The number of carbonyl (C=O) groups is 1. The number of benzene rings is 1. The number of rotatable bonds is 3. The van der Waals surface area contributed by atoms with Crippen molar-refractivity contribution in [3.8, 4) is 11.1 Å². The fourth-order valence-corrected chi connectivity index (χ4v) is 3.12. The van der Waals surface area contributed by atoms with Crippen molar-refractivity contribution >= 4 is 5.91 Å². The van der Waals surface area contributed by atoms with E-state index in [0.717, 1.165) is 36.1 Å². The molecule has 1 aliphatic carbocycles. The maximum absolute atomic E-state index is 12.7. The van der Waals surface area contributed by atoms with Crippen molar-refractivity contribution in [1.82, 2.24) is 10.3 Å². The van der Waals surface area contributed by atoms with E-state index in [0.29, 0.717) is 5.56 Å². The molecular formula is C18H21N3O. The van der Waals surface area contributed by atoms with Crippen LogP contribution in [0.15, 0.2) is 42.6 Å². The van der Waals surface area contributed by atoms with E-state index in [1.165, 1.54) is 0 Å². The number of nitrogens with zero attached hydrogens (tertiary/aromatic N) is 1. The quantitative estimate of drug-likeness (QED) is 0.914. The maximum atomic E-state index is 12.7. The number of aryl methyl sites for hydroxylation is 1. The van der Waals surface area contributed by atoms with E-state index in [2.05, 4.69) is 10.3 Å². The van der Waals surface area contributed by atoms with E-state index in [1.807, 2.05) is 43.3 Å². The highest BCUT2D eigenvalue weighted by molar-refractivity contribution is 6.01. The molecular weight excluding hydrogens is 274 g/mol. The summed E-state index contributed by atoms with van der Waals surface area (Å²) in [6.07, 6.45) is 4.53. The second-order valence-electron chi connectivity index (χ2n) is 5.93. The van der Waals surface area contributed by atoms with Crippen LogP contribution in [0.3, 0.4) is 0 Å². The van der Waals surface area contributed by atoms with Crippen molar-refractivity contribution < 1.29 is 4.79 Å². The van der Waals surface area contributed by atoms with Crippen LogP contribution in [0.4, 0.5) is 0 Å². The first-order chi connectivity index (χ1) is 10.6. The fourth-order valence-electron chi connectivity index (χ4n) is 3.12. The van der Waals surface area contributed by atoms with Gasteiger partial charge >= 0.3 is 0 Å². The molecule has 4 heteroatoms. The summed E-state index contributed by atoms with van der Waals surface area (Å²) in [4.78, 5) is 17.0. The Morgan fingerprint density at radius 3 is 2.68 bits per heavy atom. The minimum Gasteiger partial charge on any atom is -0.349 e. The summed E-state index contributed by atoms with van der Waals surface area (Å²) in [6, 6.07) is 12.2. The van der Waals surface area contributed by atoms with Gasteiger partial charge in [-0.25, -0.2) is 0 Å². The van der Waals surface area contributed by atoms with Gasteiger partial charge in [0.1, 0.15) is 0 Å². The highest BCUT2D eigenvalue weighted by atomic mass is 16.1. The lowest BCUT2D eigenvalue weighted by molar-refractivity contribution is 0.0937. The fraction of sp³-hybridized carbons (Fsp3) is 0.333. The molecule has 1 amide bonds. The Morgan fingerprint density at radius 1 is 1.23 bits per heavy atom. The first kappa shape index (κ1) is 14.7. The second-order valence-corrected chi connectivity index (χ2v) is 5.93. The van der Waals surface area contributed by atoms with Crippen molar-refractivity contribution in [2.45, 2.75) is 38.3 Å². The van der Waals surface area contributed by atoms with Crippen molar-refractivity contribution in [1.29, 1.82) is 0 Å². The van der Waals surface area contributed by atoms with Gasteiger partial charge in [0.15, 0.2) is 0 Å². The summed E-state index contributed by atoms with van der Waals surface area (Å²) in [5, 5.41) is 3.12. The van der Waals surface area contributed by atoms with Crippen LogP contribution in [-0.4, -0.2) is 23.0 Å². The molecule has 3 N–H and O–H groups in total. The van der Waals surface area contributed by atoms with Gasteiger partial charge in [0.25, 0.3) is 5.91 Å². The number of hydrogen-bond donors (Lipinski definition) is 2. The third kappa shape index (κ3) is 3.02. The zero-order chi connectivity index (χ0) is 15.5.